The molecule has 0 aromatic carbocycles. The number of carbonyl (C=O) groups is 2. The maximum absolute atomic E-state index is 11.3. The Morgan fingerprint density at radius 3 is 2.06 bits per heavy atom. The average Bonchev–Trinajstić information content (AvgIpc) is 2.18. The molecule has 0 aromatic rings. The van der Waals surface area contributed by atoms with Gasteiger partial charge in [0.2, 0.25) is 0 Å². The van der Waals surface area contributed by atoms with E-state index in [1.165, 1.54) is 0 Å². The summed E-state index contributed by atoms with van der Waals surface area (Å²) in [5, 5.41) is 2.58. The molecule has 0 aliphatic heterocycles. The van der Waals surface area contributed by atoms with Gasteiger partial charge < -0.3 is 14.8 Å². The molecule has 4 heteroatoms. The summed E-state index contributed by atoms with van der Waals surface area (Å²) < 4.78 is 5.05. The summed E-state index contributed by atoms with van der Waals surface area (Å²) in [6, 6.07) is 0. The number of amides is 1. The van der Waals surface area contributed by atoms with Crippen molar-refractivity contribution in [2.45, 2.75) is 54.1 Å². The van der Waals surface area contributed by atoms with Gasteiger partial charge in [-0.05, 0) is 26.7 Å². The normalized spacial score (nSPS) is 12.2. The lowest BCUT2D eigenvalue weighted by Crippen LogP contribution is -2.36. The minimum atomic E-state index is -0.501. The predicted octanol–water partition coefficient (Wildman–Crippen LogP) is 3.01. The van der Waals surface area contributed by atoms with Crippen molar-refractivity contribution in [3.63, 3.8) is 0 Å². The Morgan fingerprint density at radius 2 is 1.76 bits per heavy atom. The second-order valence-electron chi connectivity index (χ2n) is 4.93. The van der Waals surface area contributed by atoms with E-state index in [-0.39, 0.29) is 11.8 Å². The van der Waals surface area contributed by atoms with Crippen LogP contribution in [0.25, 0.3) is 0 Å². The Balaban J connectivity index is 0. The van der Waals surface area contributed by atoms with Crippen LogP contribution >= 0.6 is 0 Å². The van der Waals surface area contributed by atoms with Crippen LogP contribution in [0.4, 0.5) is 4.79 Å². The lowest BCUT2D eigenvalue weighted by molar-refractivity contribution is -0.112. The molecule has 0 rings (SSSR count). The van der Waals surface area contributed by atoms with Gasteiger partial charge in [-0.25, -0.2) is 4.79 Å². The van der Waals surface area contributed by atoms with Crippen molar-refractivity contribution in [2.24, 2.45) is 11.8 Å². The fraction of sp³-hybridized carbons (Fsp3) is 0.846. The fourth-order valence-electron chi connectivity index (χ4n) is 0.956. The molecule has 102 valence electrons. The highest BCUT2D eigenvalue weighted by Crippen LogP contribution is 2.08. The topological polar surface area (TPSA) is 55.4 Å². The van der Waals surface area contributed by atoms with Crippen LogP contribution in [0.2, 0.25) is 0 Å². The van der Waals surface area contributed by atoms with Gasteiger partial charge in [0.25, 0.3) is 0 Å². The number of rotatable bonds is 4. The van der Waals surface area contributed by atoms with Crippen LogP contribution in [0.15, 0.2) is 0 Å². The smallest absolute Gasteiger partial charge is 0.407 e. The minimum Gasteiger partial charge on any atom is -0.444 e. The molecule has 1 atom stereocenters. The Morgan fingerprint density at radius 1 is 1.29 bits per heavy atom. The molecule has 0 bridgehead atoms. The average molecular weight is 245 g/mol. The van der Waals surface area contributed by atoms with Crippen LogP contribution in [0.5, 0.6) is 0 Å². The summed E-state index contributed by atoms with van der Waals surface area (Å²) in [5.41, 5.74) is -0.501. The van der Waals surface area contributed by atoms with Crippen LogP contribution in [-0.2, 0) is 9.53 Å². The first kappa shape index (κ1) is 18.3. The van der Waals surface area contributed by atoms with Gasteiger partial charge in [0.05, 0.1) is 0 Å². The van der Waals surface area contributed by atoms with Gasteiger partial charge in [0, 0.05) is 12.5 Å². The molecule has 0 saturated heterocycles. The van der Waals surface area contributed by atoms with Crippen molar-refractivity contribution < 1.29 is 14.3 Å². The molecule has 1 amide bonds. The first-order chi connectivity index (χ1) is 7.76. The summed E-state index contributed by atoms with van der Waals surface area (Å²) in [5.74, 6) is 0.0648. The highest BCUT2D eigenvalue weighted by atomic mass is 16.6. The summed E-state index contributed by atoms with van der Waals surface area (Å²) in [7, 11) is 0. The number of hydrogen-bond acceptors (Lipinski definition) is 3. The molecule has 17 heavy (non-hydrogen) atoms. The lowest BCUT2D eigenvalue weighted by Gasteiger charge is -2.21. The summed E-state index contributed by atoms with van der Waals surface area (Å²) in [6.45, 7) is 13.6. The van der Waals surface area contributed by atoms with E-state index in [1.807, 2.05) is 27.7 Å². The van der Waals surface area contributed by atoms with Crippen LogP contribution in [0, 0.1) is 11.8 Å². The minimum absolute atomic E-state index is 0.155. The Labute approximate surface area is 105 Å². The van der Waals surface area contributed by atoms with Gasteiger partial charge >= 0.3 is 6.09 Å². The number of hydrogen-bond donors (Lipinski definition) is 1. The van der Waals surface area contributed by atoms with E-state index in [4.69, 9.17) is 4.74 Å². The van der Waals surface area contributed by atoms with Crippen molar-refractivity contribution in [1.82, 2.24) is 5.32 Å². The third kappa shape index (κ3) is 11.2. The maximum atomic E-state index is 11.3. The molecule has 0 aliphatic rings. The van der Waals surface area contributed by atoms with Gasteiger partial charge in [-0.3, -0.25) is 0 Å². The van der Waals surface area contributed by atoms with Crippen LogP contribution in [-0.4, -0.2) is 24.5 Å². The largest absolute Gasteiger partial charge is 0.444 e. The summed E-state index contributed by atoms with van der Waals surface area (Å²) in [6.07, 6.45) is 0.386. The number of nitrogens with one attached hydrogen (secondary N) is 1. The van der Waals surface area contributed by atoms with Crippen molar-refractivity contribution in [1.29, 1.82) is 0 Å². The van der Waals surface area contributed by atoms with E-state index < -0.39 is 11.7 Å². The molecule has 0 aliphatic carbocycles. The third-order valence-corrected chi connectivity index (χ3v) is 1.91. The number of carbonyl (C=O) groups excluding carboxylic acids is 2. The van der Waals surface area contributed by atoms with Gasteiger partial charge in [-0.1, -0.05) is 27.7 Å². The van der Waals surface area contributed by atoms with Crippen LogP contribution in [0.3, 0.4) is 0 Å². The second-order valence-corrected chi connectivity index (χ2v) is 4.93. The molecule has 0 spiro atoms. The summed E-state index contributed by atoms with van der Waals surface area (Å²) >= 11 is 0. The number of aldehydes is 1. The molecule has 4 nitrogen and oxygen atoms in total. The lowest BCUT2D eigenvalue weighted by atomic mass is 9.98. The zero-order valence-electron chi connectivity index (χ0n) is 12.2. The fourth-order valence-corrected chi connectivity index (χ4v) is 0.956. The molecular weight excluding hydrogens is 218 g/mol. The Kier molecular flexibility index (Phi) is 9.72. The van der Waals surface area contributed by atoms with E-state index in [9.17, 15) is 9.59 Å². The third-order valence-electron chi connectivity index (χ3n) is 1.91. The van der Waals surface area contributed by atoms with Gasteiger partial charge in [-0.15, -0.1) is 0 Å². The van der Waals surface area contributed by atoms with Crippen LogP contribution in [0.1, 0.15) is 48.5 Å². The quantitative estimate of drug-likeness (QED) is 0.775. The number of ether oxygens (including phenoxy) is 1. The molecule has 0 aromatic heterocycles. The SMILES string of the molecule is CC.CC(C)C(C=O)CNC(=O)OC(C)(C)C. The highest BCUT2D eigenvalue weighted by Gasteiger charge is 2.18. The monoisotopic (exact) mass is 245 g/mol. The molecular formula is C13H27NO3. The van der Waals surface area contributed by atoms with Gasteiger partial charge in [0.15, 0.2) is 0 Å². The van der Waals surface area contributed by atoms with Gasteiger partial charge in [0.1, 0.15) is 11.9 Å². The van der Waals surface area contributed by atoms with Crippen molar-refractivity contribution in [2.75, 3.05) is 6.54 Å². The molecule has 0 fully saturated rings. The molecule has 1 unspecified atom stereocenters. The van der Waals surface area contributed by atoms with Crippen molar-refractivity contribution in [3.8, 4) is 0 Å². The second kappa shape index (κ2) is 9.02. The molecule has 0 radical (unpaired) electrons. The summed E-state index contributed by atoms with van der Waals surface area (Å²) in [4.78, 5) is 21.9. The van der Waals surface area contributed by atoms with Gasteiger partial charge in [-0.2, -0.15) is 0 Å². The van der Waals surface area contributed by atoms with Crippen molar-refractivity contribution >= 4 is 12.4 Å². The zero-order chi connectivity index (χ0) is 14.1. The number of alkyl carbamates (subject to hydrolysis) is 1. The molecule has 1 N–H and O–H groups in total. The first-order valence-corrected chi connectivity index (χ1v) is 6.18. The van der Waals surface area contributed by atoms with E-state index >= 15 is 0 Å². The van der Waals surface area contributed by atoms with E-state index in [0.717, 1.165) is 6.29 Å². The predicted molar refractivity (Wildman–Crippen MR) is 70.0 cm³/mol. The molecule has 0 saturated carbocycles. The Bertz CT molecular complexity index is 219. The van der Waals surface area contributed by atoms with Crippen molar-refractivity contribution in [3.05, 3.63) is 0 Å². The van der Waals surface area contributed by atoms with E-state index in [1.54, 1.807) is 20.8 Å². The van der Waals surface area contributed by atoms with E-state index in [0.29, 0.717) is 6.54 Å². The maximum Gasteiger partial charge on any atom is 0.407 e. The van der Waals surface area contributed by atoms with Crippen LogP contribution < -0.4 is 5.32 Å². The Hall–Kier alpha value is -1.06. The van der Waals surface area contributed by atoms with E-state index in [2.05, 4.69) is 5.32 Å². The highest BCUT2D eigenvalue weighted by molar-refractivity contribution is 5.68. The first-order valence-electron chi connectivity index (χ1n) is 6.18. The zero-order valence-corrected chi connectivity index (χ0v) is 12.2. The standard InChI is InChI=1S/C11H21NO3.C2H6/c1-8(2)9(7-13)6-12-10(14)15-11(3,4)5;1-2/h7-9H,6H2,1-5H3,(H,12,14);1-2H3. The molecule has 0 heterocycles.